The Bertz CT molecular complexity index is 526. The van der Waals surface area contributed by atoms with Gasteiger partial charge >= 0.3 is 0 Å². The van der Waals surface area contributed by atoms with Gasteiger partial charge in [0.15, 0.2) is 11.5 Å². The van der Waals surface area contributed by atoms with E-state index in [0.29, 0.717) is 14.4 Å². The van der Waals surface area contributed by atoms with Crippen LogP contribution < -0.4 is 5.09 Å². The number of nitrogens with zero attached hydrogens (tertiary/aromatic N) is 4. The lowest BCUT2D eigenvalue weighted by Gasteiger charge is -2.06. The normalized spacial score (nSPS) is 15.5. The summed E-state index contributed by atoms with van der Waals surface area (Å²) in [5.74, 6) is 0.819. The molecule has 0 saturated carbocycles. The number of hydrogen-bond donors (Lipinski definition) is 1. The third-order valence-corrected chi connectivity index (χ3v) is 3.22. The molecular weight excluding hydrogens is 209 g/mol. The first kappa shape index (κ1) is 8.80. The Balaban J connectivity index is 1.95. The van der Waals surface area contributed by atoms with Gasteiger partial charge in [-0.15, -0.1) is 0 Å². The van der Waals surface area contributed by atoms with Crippen molar-refractivity contribution < 1.29 is 0 Å². The Morgan fingerprint density at radius 1 is 1.47 bits per heavy atom. The van der Waals surface area contributed by atoms with Crippen LogP contribution >= 0.6 is 8.73 Å². The standard InChI is InChI=1S/C9H10N5P/c1-6-4-14-9(10-5-11-14)8(12-6)13-15-7-2-3-7/h2-5,7,15H,1H3,(H,12,13). The van der Waals surface area contributed by atoms with E-state index in [9.17, 15) is 0 Å². The van der Waals surface area contributed by atoms with E-state index in [-0.39, 0.29) is 0 Å². The maximum atomic E-state index is 4.42. The summed E-state index contributed by atoms with van der Waals surface area (Å²) in [7, 11) is 0.645. The summed E-state index contributed by atoms with van der Waals surface area (Å²) in [5.41, 5.74) is 2.33. The summed E-state index contributed by atoms with van der Waals surface area (Å²) in [6.45, 7) is 1.95. The second-order valence-corrected chi connectivity index (χ2v) is 4.64. The lowest BCUT2D eigenvalue weighted by atomic mass is 10.5. The van der Waals surface area contributed by atoms with Crippen molar-refractivity contribution >= 4 is 20.2 Å². The van der Waals surface area contributed by atoms with Crippen LogP contribution in [0.5, 0.6) is 0 Å². The molecule has 1 N–H and O–H groups in total. The largest absolute Gasteiger partial charge is 0.348 e. The fourth-order valence-electron chi connectivity index (χ4n) is 1.33. The Morgan fingerprint density at radius 2 is 2.33 bits per heavy atom. The van der Waals surface area contributed by atoms with Crippen molar-refractivity contribution in [3.63, 3.8) is 0 Å². The van der Waals surface area contributed by atoms with Crippen molar-refractivity contribution in [2.24, 2.45) is 0 Å². The van der Waals surface area contributed by atoms with Gasteiger partial charge in [-0.05, 0) is 15.7 Å². The van der Waals surface area contributed by atoms with Crippen molar-refractivity contribution in [1.82, 2.24) is 19.6 Å². The molecule has 6 heteroatoms. The minimum atomic E-state index is 0.607. The molecule has 0 saturated heterocycles. The number of aryl methyl sites for hydroxylation is 1. The molecule has 0 spiro atoms. The van der Waals surface area contributed by atoms with Gasteiger partial charge in [0.05, 0.1) is 11.9 Å². The van der Waals surface area contributed by atoms with Crippen LogP contribution in [-0.2, 0) is 0 Å². The van der Waals surface area contributed by atoms with Crippen LogP contribution in [0, 0.1) is 6.92 Å². The molecule has 2 aromatic rings. The molecule has 0 bridgehead atoms. The van der Waals surface area contributed by atoms with E-state index in [0.717, 1.165) is 17.2 Å². The first-order valence-electron chi connectivity index (χ1n) is 4.70. The number of anilines is 1. The van der Waals surface area contributed by atoms with Gasteiger partial charge in [-0.25, -0.2) is 14.5 Å². The third kappa shape index (κ3) is 1.70. The van der Waals surface area contributed by atoms with E-state index in [2.05, 4.69) is 32.3 Å². The number of rotatable bonds is 3. The number of allylic oxidation sites excluding steroid dienone is 2. The van der Waals surface area contributed by atoms with Gasteiger partial charge in [0, 0.05) is 5.66 Å². The highest BCUT2D eigenvalue weighted by atomic mass is 31.1. The zero-order valence-corrected chi connectivity index (χ0v) is 9.18. The van der Waals surface area contributed by atoms with Crippen molar-refractivity contribution in [2.75, 3.05) is 5.09 Å². The Labute approximate surface area is 88.5 Å². The number of aromatic nitrogens is 4. The molecule has 15 heavy (non-hydrogen) atoms. The Hall–Kier alpha value is -1.48. The zero-order valence-electron chi connectivity index (χ0n) is 8.18. The fourth-order valence-corrected chi connectivity index (χ4v) is 2.11. The van der Waals surface area contributed by atoms with Gasteiger partial charge in [-0.1, -0.05) is 12.2 Å². The monoisotopic (exact) mass is 219 g/mol. The average molecular weight is 219 g/mol. The molecule has 0 fully saturated rings. The van der Waals surface area contributed by atoms with Gasteiger partial charge in [0.1, 0.15) is 6.33 Å². The zero-order chi connectivity index (χ0) is 10.3. The highest BCUT2D eigenvalue weighted by Gasteiger charge is 2.12. The molecule has 0 aromatic carbocycles. The molecule has 0 aliphatic heterocycles. The molecule has 1 aliphatic rings. The van der Waals surface area contributed by atoms with Crippen molar-refractivity contribution in [2.45, 2.75) is 12.6 Å². The topological polar surface area (TPSA) is 55.1 Å². The molecule has 2 aromatic heterocycles. The first-order valence-corrected chi connectivity index (χ1v) is 5.77. The molecule has 0 radical (unpaired) electrons. The highest BCUT2D eigenvalue weighted by molar-refractivity contribution is 7.41. The second kappa shape index (κ2) is 3.28. The lowest BCUT2D eigenvalue weighted by molar-refractivity contribution is 0.932. The predicted octanol–water partition coefficient (Wildman–Crippen LogP) is 1.38. The summed E-state index contributed by atoms with van der Waals surface area (Å²) in [5, 5.41) is 7.40. The van der Waals surface area contributed by atoms with Crippen LogP contribution in [0.3, 0.4) is 0 Å². The van der Waals surface area contributed by atoms with Gasteiger partial charge in [-0.3, -0.25) is 0 Å². The maximum absolute atomic E-state index is 4.42. The van der Waals surface area contributed by atoms with Crippen LogP contribution in [0.25, 0.3) is 5.65 Å². The predicted molar refractivity (Wildman–Crippen MR) is 60.4 cm³/mol. The van der Waals surface area contributed by atoms with Crippen LogP contribution in [0.1, 0.15) is 5.69 Å². The molecule has 2 heterocycles. The maximum Gasteiger partial charge on any atom is 0.198 e. The molecule has 76 valence electrons. The van der Waals surface area contributed by atoms with E-state index in [1.807, 2.05) is 13.1 Å². The molecular formula is C9H10N5P. The quantitative estimate of drug-likeness (QED) is 0.625. The highest BCUT2D eigenvalue weighted by Crippen LogP contribution is 2.31. The minimum absolute atomic E-state index is 0.607. The summed E-state index contributed by atoms with van der Waals surface area (Å²) < 4.78 is 1.75. The second-order valence-electron chi connectivity index (χ2n) is 3.44. The summed E-state index contributed by atoms with van der Waals surface area (Å²) in [6, 6.07) is 0. The van der Waals surface area contributed by atoms with Gasteiger partial charge in [0.2, 0.25) is 0 Å². The summed E-state index contributed by atoms with van der Waals surface area (Å²) in [6.07, 6.45) is 7.75. The molecule has 1 atom stereocenters. The lowest BCUT2D eigenvalue weighted by Crippen LogP contribution is -1.99. The molecule has 1 unspecified atom stereocenters. The van der Waals surface area contributed by atoms with Crippen molar-refractivity contribution in [1.29, 1.82) is 0 Å². The van der Waals surface area contributed by atoms with Crippen LogP contribution in [0.15, 0.2) is 24.7 Å². The molecule has 3 rings (SSSR count). The van der Waals surface area contributed by atoms with E-state index >= 15 is 0 Å². The smallest absolute Gasteiger partial charge is 0.198 e. The summed E-state index contributed by atoms with van der Waals surface area (Å²) in [4.78, 5) is 8.59. The van der Waals surface area contributed by atoms with Crippen molar-refractivity contribution in [3.05, 3.63) is 30.4 Å². The van der Waals surface area contributed by atoms with Crippen LogP contribution in [0.2, 0.25) is 0 Å². The van der Waals surface area contributed by atoms with Crippen molar-refractivity contribution in [3.8, 4) is 0 Å². The van der Waals surface area contributed by atoms with E-state index in [1.165, 1.54) is 0 Å². The molecule has 0 amide bonds. The summed E-state index contributed by atoms with van der Waals surface area (Å²) >= 11 is 0. The number of hydrogen-bond acceptors (Lipinski definition) is 4. The SMILES string of the molecule is Cc1cn2ncnc2c(NPC2C=C2)n1. The van der Waals surface area contributed by atoms with E-state index in [4.69, 9.17) is 0 Å². The fraction of sp³-hybridized carbons (Fsp3) is 0.222. The van der Waals surface area contributed by atoms with E-state index in [1.54, 1.807) is 10.8 Å². The minimum Gasteiger partial charge on any atom is -0.348 e. The van der Waals surface area contributed by atoms with E-state index < -0.39 is 0 Å². The average Bonchev–Trinajstić information content (AvgIpc) is 2.92. The van der Waals surface area contributed by atoms with Gasteiger partial charge in [0.25, 0.3) is 0 Å². The molecule has 5 nitrogen and oxygen atoms in total. The number of nitrogens with one attached hydrogen (secondary N) is 1. The molecule has 1 aliphatic carbocycles. The Morgan fingerprint density at radius 3 is 3.13 bits per heavy atom. The number of fused-ring (bicyclic) bond motifs is 1. The van der Waals surface area contributed by atoms with Crippen LogP contribution in [0.4, 0.5) is 5.82 Å². The van der Waals surface area contributed by atoms with Gasteiger partial charge in [-0.2, -0.15) is 5.10 Å². The third-order valence-electron chi connectivity index (χ3n) is 2.12. The van der Waals surface area contributed by atoms with Gasteiger partial charge < -0.3 is 5.09 Å². The van der Waals surface area contributed by atoms with Crippen LogP contribution in [-0.4, -0.2) is 25.2 Å². The Kier molecular flexibility index (Phi) is 1.92. The first-order chi connectivity index (χ1) is 7.33.